The highest BCUT2D eigenvalue weighted by Crippen LogP contribution is 2.36. The minimum Gasteiger partial charge on any atom is -0.403 e. The molecule has 0 unspecified atom stereocenters. The molecule has 1 aromatic carbocycles. The van der Waals surface area contributed by atoms with Crippen LogP contribution in [0.3, 0.4) is 0 Å². The van der Waals surface area contributed by atoms with Crippen molar-refractivity contribution >= 4 is 34.1 Å². The van der Waals surface area contributed by atoms with Gasteiger partial charge in [0.2, 0.25) is 9.84 Å². The lowest BCUT2D eigenvalue weighted by Gasteiger charge is -2.35. The van der Waals surface area contributed by atoms with Gasteiger partial charge in [-0.1, -0.05) is 36.7 Å². The molecule has 0 fully saturated rings. The van der Waals surface area contributed by atoms with E-state index in [2.05, 4.69) is 36.7 Å². The van der Waals surface area contributed by atoms with Crippen LogP contribution in [0.4, 0.5) is 0 Å². The zero-order chi connectivity index (χ0) is 14.9. The molecule has 0 aliphatic rings. The first kappa shape index (κ1) is 16.9. The summed E-state index contributed by atoms with van der Waals surface area (Å²) < 4.78 is 31.0. The van der Waals surface area contributed by atoms with Crippen LogP contribution in [0.15, 0.2) is 33.6 Å². The highest BCUT2D eigenvalue weighted by molar-refractivity contribution is 9.10. The van der Waals surface area contributed by atoms with Gasteiger partial charge in [-0.05, 0) is 42.4 Å². The van der Waals surface area contributed by atoms with Gasteiger partial charge in [-0.25, -0.2) is 8.42 Å². The van der Waals surface area contributed by atoms with E-state index in [1.807, 2.05) is 13.1 Å². The van der Waals surface area contributed by atoms with Gasteiger partial charge in [0, 0.05) is 4.47 Å². The van der Waals surface area contributed by atoms with Crippen molar-refractivity contribution in [1.82, 2.24) is 0 Å². The number of benzene rings is 1. The fraction of sp³-hybridized carbons (Fsp3) is 0.538. The summed E-state index contributed by atoms with van der Waals surface area (Å²) in [5.74, 6) is -0.245. The van der Waals surface area contributed by atoms with Crippen molar-refractivity contribution in [3.05, 3.63) is 28.7 Å². The SMILES string of the molecule is CC(C)(C)[Si](C)(C)OCS(=O)(=O)c1ccc(Br)cc1. The normalized spacial score (nSPS) is 13.6. The molecule has 6 heteroatoms. The first-order chi connectivity index (χ1) is 8.46. The molecule has 0 heterocycles. The van der Waals surface area contributed by atoms with Crippen LogP contribution in [-0.2, 0) is 14.3 Å². The summed E-state index contributed by atoms with van der Waals surface area (Å²) in [7, 11) is -5.43. The fourth-order valence-electron chi connectivity index (χ4n) is 1.15. The molecule has 1 rings (SSSR count). The van der Waals surface area contributed by atoms with Crippen LogP contribution >= 0.6 is 15.9 Å². The number of hydrogen-bond acceptors (Lipinski definition) is 3. The Labute approximate surface area is 125 Å². The van der Waals surface area contributed by atoms with Crippen molar-refractivity contribution in [1.29, 1.82) is 0 Å². The summed E-state index contributed by atoms with van der Waals surface area (Å²) in [5.41, 5.74) is 0. The Balaban J connectivity index is 2.85. The van der Waals surface area contributed by atoms with Crippen LogP contribution in [0.1, 0.15) is 20.8 Å². The molecule has 0 atom stereocenters. The van der Waals surface area contributed by atoms with E-state index in [4.69, 9.17) is 4.43 Å². The molecule has 0 N–H and O–H groups in total. The van der Waals surface area contributed by atoms with E-state index in [0.29, 0.717) is 4.90 Å². The quantitative estimate of drug-likeness (QED) is 0.751. The average Bonchev–Trinajstić information content (AvgIpc) is 2.26. The minimum absolute atomic E-state index is 0.00222. The Kier molecular flexibility index (Phi) is 5.04. The molecule has 0 saturated carbocycles. The average molecular weight is 365 g/mol. The molecule has 1 aromatic rings. The summed E-state index contributed by atoms with van der Waals surface area (Å²) in [6, 6.07) is 6.63. The second-order valence-corrected chi connectivity index (χ2v) is 13.8. The molecule has 0 saturated heterocycles. The lowest BCUT2D eigenvalue weighted by Crippen LogP contribution is -2.42. The largest absolute Gasteiger partial charge is 0.403 e. The van der Waals surface area contributed by atoms with Gasteiger partial charge in [0.1, 0.15) is 5.94 Å². The van der Waals surface area contributed by atoms with Crippen molar-refractivity contribution in [2.45, 2.75) is 43.8 Å². The molecule has 0 aromatic heterocycles. The van der Waals surface area contributed by atoms with Gasteiger partial charge in [0.05, 0.1) is 4.90 Å². The van der Waals surface area contributed by atoms with E-state index in [0.717, 1.165) is 4.47 Å². The molecule has 19 heavy (non-hydrogen) atoms. The second kappa shape index (κ2) is 5.67. The summed E-state index contributed by atoms with van der Waals surface area (Å²) >= 11 is 3.29. The van der Waals surface area contributed by atoms with E-state index in [9.17, 15) is 8.42 Å². The molecule has 0 spiro atoms. The molecule has 0 aliphatic carbocycles. The Hall–Kier alpha value is -0.173. The third kappa shape index (κ3) is 4.41. The number of hydrogen-bond donors (Lipinski definition) is 0. The van der Waals surface area contributed by atoms with E-state index < -0.39 is 18.2 Å². The monoisotopic (exact) mass is 364 g/mol. The number of sulfone groups is 1. The molecule has 0 radical (unpaired) electrons. The molecule has 3 nitrogen and oxygen atoms in total. The molecular weight excluding hydrogens is 344 g/mol. The predicted molar refractivity (Wildman–Crippen MR) is 84.5 cm³/mol. The Morgan fingerprint density at radius 3 is 2.05 bits per heavy atom. The number of halogens is 1. The highest BCUT2D eigenvalue weighted by atomic mass is 79.9. The summed E-state index contributed by atoms with van der Waals surface area (Å²) in [5, 5.41) is 0.00222. The first-order valence-electron chi connectivity index (χ1n) is 6.08. The lowest BCUT2D eigenvalue weighted by atomic mass is 10.2. The van der Waals surface area contributed by atoms with Gasteiger partial charge in [-0.15, -0.1) is 0 Å². The number of rotatable bonds is 4. The van der Waals surface area contributed by atoms with E-state index in [-0.39, 0.29) is 11.0 Å². The van der Waals surface area contributed by atoms with Gasteiger partial charge < -0.3 is 4.43 Å². The smallest absolute Gasteiger partial charge is 0.201 e. The van der Waals surface area contributed by atoms with Crippen molar-refractivity contribution in [2.24, 2.45) is 0 Å². The zero-order valence-corrected chi connectivity index (χ0v) is 15.4. The van der Waals surface area contributed by atoms with E-state index in [1.165, 1.54) is 0 Å². The zero-order valence-electron chi connectivity index (χ0n) is 12.0. The Morgan fingerprint density at radius 1 is 1.16 bits per heavy atom. The van der Waals surface area contributed by atoms with Crippen LogP contribution in [0, 0.1) is 0 Å². The molecule has 108 valence electrons. The predicted octanol–water partition coefficient (Wildman–Crippen LogP) is 4.20. The van der Waals surface area contributed by atoms with Crippen molar-refractivity contribution in [3.63, 3.8) is 0 Å². The van der Waals surface area contributed by atoms with E-state index >= 15 is 0 Å². The maximum Gasteiger partial charge on any atom is 0.201 e. The summed E-state index contributed by atoms with van der Waals surface area (Å²) in [6.07, 6.45) is 0. The minimum atomic E-state index is -3.38. The Bertz CT molecular complexity index is 530. The molecule has 0 aliphatic heterocycles. The summed E-state index contributed by atoms with van der Waals surface area (Å²) in [4.78, 5) is 0.300. The molecule has 0 bridgehead atoms. The van der Waals surface area contributed by atoms with Gasteiger partial charge >= 0.3 is 0 Å². The van der Waals surface area contributed by atoms with Gasteiger partial charge in [0.25, 0.3) is 0 Å². The van der Waals surface area contributed by atoms with Gasteiger partial charge in [-0.3, -0.25) is 0 Å². The van der Waals surface area contributed by atoms with Crippen LogP contribution in [0.5, 0.6) is 0 Å². The second-order valence-electron chi connectivity index (χ2n) is 6.09. The third-order valence-electron chi connectivity index (χ3n) is 3.55. The van der Waals surface area contributed by atoms with Crippen molar-refractivity contribution in [3.8, 4) is 0 Å². The first-order valence-corrected chi connectivity index (χ1v) is 11.4. The van der Waals surface area contributed by atoms with Crippen LogP contribution in [0.2, 0.25) is 18.1 Å². The standard InChI is InChI=1S/C13H21BrO3SSi/c1-13(2,3)19(4,5)17-10-18(15,16)12-8-6-11(14)7-9-12/h6-9H,10H2,1-5H3. The van der Waals surface area contributed by atoms with Crippen LogP contribution in [-0.4, -0.2) is 22.7 Å². The highest BCUT2D eigenvalue weighted by Gasteiger charge is 2.38. The molecule has 0 amide bonds. The van der Waals surface area contributed by atoms with Crippen LogP contribution < -0.4 is 0 Å². The Morgan fingerprint density at radius 2 is 1.63 bits per heavy atom. The van der Waals surface area contributed by atoms with Gasteiger partial charge in [-0.2, -0.15) is 0 Å². The van der Waals surface area contributed by atoms with Gasteiger partial charge in [0.15, 0.2) is 8.32 Å². The topological polar surface area (TPSA) is 43.4 Å². The third-order valence-corrected chi connectivity index (χ3v) is 10.2. The maximum atomic E-state index is 12.2. The molecular formula is C13H21BrO3SSi. The van der Waals surface area contributed by atoms with Crippen molar-refractivity contribution in [2.75, 3.05) is 5.94 Å². The van der Waals surface area contributed by atoms with Crippen molar-refractivity contribution < 1.29 is 12.8 Å². The fourth-order valence-corrected chi connectivity index (χ4v) is 4.33. The summed E-state index contributed by atoms with van der Waals surface area (Å²) in [6.45, 7) is 10.4. The maximum absolute atomic E-state index is 12.2. The lowest BCUT2D eigenvalue weighted by molar-refractivity contribution is 0.342. The van der Waals surface area contributed by atoms with E-state index in [1.54, 1.807) is 24.3 Å². The van der Waals surface area contributed by atoms with Crippen LogP contribution in [0.25, 0.3) is 0 Å².